The van der Waals surface area contributed by atoms with Gasteiger partial charge in [0, 0.05) is 31.9 Å². The Balaban J connectivity index is 1.09. The van der Waals surface area contributed by atoms with Gasteiger partial charge in [-0.25, -0.2) is 0 Å². The van der Waals surface area contributed by atoms with Gasteiger partial charge in [0.1, 0.15) is 0 Å². The van der Waals surface area contributed by atoms with Gasteiger partial charge in [0.05, 0.1) is 11.7 Å². The third kappa shape index (κ3) is 9.48. The summed E-state index contributed by atoms with van der Waals surface area (Å²) < 4.78 is 0. The summed E-state index contributed by atoms with van der Waals surface area (Å²) in [6, 6.07) is 29.5. The minimum Gasteiger partial charge on any atom is -0.351 e. The van der Waals surface area contributed by atoms with Crippen molar-refractivity contribution in [1.29, 1.82) is 0 Å². The summed E-state index contributed by atoms with van der Waals surface area (Å²) in [4.78, 5) is 17.8. The van der Waals surface area contributed by atoms with Crippen molar-refractivity contribution in [2.45, 2.75) is 76.7 Å². The van der Waals surface area contributed by atoms with E-state index in [1.807, 2.05) is 30.3 Å². The average molecular weight is 564 g/mol. The van der Waals surface area contributed by atoms with Gasteiger partial charge in [-0.15, -0.1) is 0 Å². The highest BCUT2D eigenvalue weighted by Crippen LogP contribution is 2.18. The molecule has 220 valence electrons. The van der Waals surface area contributed by atoms with Crippen LogP contribution < -0.4 is 21.3 Å². The zero-order valence-electron chi connectivity index (χ0n) is 24.7. The summed E-state index contributed by atoms with van der Waals surface area (Å²) in [5, 5.41) is 16.3. The average Bonchev–Trinajstić information content (AvgIpc) is 3.05. The third-order valence-corrected chi connectivity index (χ3v) is 8.21. The molecule has 0 saturated heterocycles. The summed E-state index contributed by atoms with van der Waals surface area (Å²) in [7, 11) is 0. The number of nitrogens with zero attached hydrogens (tertiary/aromatic N) is 1. The van der Waals surface area contributed by atoms with E-state index in [2.05, 4.69) is 80.8 Å². The fraction of sp³-hybridized carbons (Fsp3) is 0.389. The fourth-order valence-corrected chi connectivity index (χ4v) is 5.74. The first-order valence-corrected chi connectivity index (χ1v) is 15.6. The SMILES string of the molecule is O=C(NCc1ccc(CNCCCNC2CCCCC2)cc1)[C@H](Cc1ccc2ccccc2c1)NCc1ccccn1. The van der Waals surface area contributed by atoms with Gasteiger partial charge in [0.25, 0.3) is 0 Å². The smallest absolute Gasteiger partial charge is 0.237 e. The summed E-state index contributed by atoms with van der Waals surface area (Å²) in [6.45, 7) is 4.00. The zero-order valence-corrected chi connectivity index (χ0v) is 24.7. The van der Waals surface area contributed by atoms with Crippen LogP contribution in [0.15, 0.2) is 91.1 Å². The minimum atomic E-state index is -0.371. The van der Waals surface area contributed by atoms with Gasteiger partial charge in [-0.1, -0.05) is 92.1 Å². The highest BCUT2D eigenvalue weighted by molar-refractivity contribution is 5.84. The van der Waals surface area contributed by atoms with Gasteiger partial charge in [-0.3, -0.25) is 15.1 Å². The number of fused-ring (bicyclic) bond motifs is 1. The molecule has 4 aromatic rings. The van der Waals surface area contributed by atoms with E-state index in [4.69, 9.17) is 0 Å². The molecule has 6 nitrogen and oxygen atoms in total. The van der Waals surface area contributed by atoms with Crippen LogP contribution in [0.4, 0.5) is 0 Å². The van der Waals surface area contributed by atoms with Gasteiger partial charge in [0.15, 0.2) is 0 Å². The molecule has 42 heavy (non-hydrogen) atoms. The van der Waals surface area contributed by atoms with Crippen LogP contribution in [-0.2, 0) is 30.8 Å². The number of amides is 1. The molecule has 3 aromatic carbocycles. The first-order chi connectivity index (χ1) is 20.7. The highest BCUT2D eigenvalue weighted by Gasteiger charge is 2.19. The summed E-state index contributed by atoms with van der Waals surface area (Å²) in [6.07, 6.45) is 10.4. The number of rotatable bonds is 15. The molecule has 6 heteroatoms. The number of pyridine rings is 1. The van der Waals surface area contributed by atoms with Crippen molar-refractivity contribution in [3.05, 3.63) is 114 Å². The van der Waals surface area contributed by atoms with E-state index in [1.54, 1.807) is 6.20 Å². The predicted molar refractivity (Wildman–Crippen MR) is 172 cm³/mol. The summed E-state index contributed by atoms with van der Waals surface area (Å²) in [5.74, 6) is -0.00771. The van der Waals surface area contributed by atoms with Gasteiger partial charge >= 0.3 is 0 Å². The Bertz CT molecular complexity index is 1370. The summed E-state index contributed by atoms with van der Waals surface area (Å²) in [5.41, 5.74) is 4.40. The molecule has 1 aromatic heterocycles. The second kappa shape index (κ2) is 16.2. The van der Waals surface area contributed by atoms with E-state index < -0.39 is 0 Å². The lowest BCUT2D eigenvalue weighted by molar-refractivity contribution is -0.123. The van der Waals surface area contributed by atoms with Crippen LogP contribution in [-0.4, -0.2) is 36.1 Å². The van der Waals surface area contributed by atoms with E-state index in [-0.39, 0.29) is 11.9 Å². The van der Waals surface area contributed by atoms with Crippen LogP contribution in [0.3, 0.4) is 0 Å². The van der Waals surface area contributed by atoms with Crippen molar-refractivity contribution < 1.29 is 4.79 Å². The molecule has 4 N–H and O–H groups in total. The van der Waals surface area contributed by atoms with Crippen LogP contribution in [0.2, 0.25) is 0 Å². The topological polar surface area (TPSA) is 78.1 Å². The first-order valence-electron chi connectivity index (χ1n) is 15.6. The lowest BCUT2D eigenvalue weighted by Gasteiger charge is -2.22. The molecule has 0 bridgehead atoms. The minimum absolute atomic E-state index is 0.00771. The lowest BCUT2D eigenvalue weighted by atomic mass is 9.95. The number of carbonyl (C=O) groups is 1. The molecule has 0 radical (unpaired) electrons. The van der Waals surface area contributed by atoms with Crippen LogP contribution >= 0.6 is 0 Å². The van der Waals surface area contributed by atoms with Crippen molar-refractivity contribution in [3.63, 3.8) is 0 Å². The van der Waals surface area contributed by atoms with Gasteiger partial charge < -0.3 is 16.0 Å². The maximum absolute atomic E-state index is 13.4. The Kier molecular flexibility index (Phi) is 11.5. The van der Waals surface area contributed by atoms with Crippen molar-refractivity contribution in [3.8, 4) is 0 Å². The number of carbonyl (C=O) groups excluding carboxylic acids is 1. The van der Waals surface area contributed by atoms with Crippen molar-refractivity contribution in [1.82, 2.24) is 26.3 Å². The molecule has 1 heterocycles. The van der Waals surface area contributed by atoms with Gasteiger partial charge in [-0.05, 0) is 78.4 Å². The van der Waals surface area contributed by atoms with E-state index in [9.17, 15) is 4.79 Å². The molecular weight excluding hydrogens is 518 g/mol. The molecule has 1 fully saturated rings. The molecule has 0 unspecified atom stereocenters. The monoisotopic (exact) mass is 563 g/mol. The standard InChI is InChI=1S/C36H45N5O/c42-36(41-26-29-16-14-28(15-17-29)25-37-20-8-22-38-33-11-2-1-3-12-33)35(40-27-34-13-6-7-21-39-34)24-30-18-19-31-9-4-5-10-32(31)23-30/h4-7,9-10,13-19,21,23,33,35,37-38,40H,1-3,8,11-12,20,22,24-27H2,(H,41,42)/t35-/m0/s1. The van der Waals surface area contributed by atoms with Crippen LogP contribution in [0.25, 0.3) is 10.8 Å². The predicted octanol–water partition coefficient (Wildman–Crippen LogP) is 5.65. The molecule has 1 atom stereocenters. The molecule has 0 spiro atoms. The number of hydrogen-bond acceptors (Lipinski definition) is 5. The number of nitrogens with one attached hydrogen (secondary N) is 4. The van der Waals surface area contributed by atoms with Crippen molar-refractivity contribution in [2.24, 2.45) is 0 Å². The van der Waals surface area contributed by atoms with Gasteiger partial charge in [-0.2, -0.15) is 0 Å². The molecular formula is C36H45N5O. The van der Waals surface area contributed by atoms with E-state index in [0.717, 1.165) is 48.9 Å². The molecule has 5 rings (SSSR count). The molecule has 1 aliphatic carbocycles. The Morgan fingerprint density at radius 3 is 2.29 bits per heavy atom. The number of hydrogen-bond donors (Lipinski definition) is 4. The molecule has 1 amide bonds. The zero-order chi connectivity index (χ0) is 28.8. The van der Waals surface area contributed by atoms with Crippen LogP contribution in [0.1, 0.15) is 60.9 Å². The van der Waals surface area contributed by atoms with Crippen molar-refractivity contribution in [2.75, 3.05) is 13.1 Å². The van der Waals surface area contributed by atoms with E-state index >= 15 is 0 Å². The van der Waals surface area contributed by atoms with Gasteiger partial charge in [0.2, 0.25) is 5.91 Å². The highest BCUT2D eigenvalue weighted by atomic mass is 16.2. The lowest BCUT2D eigenvalue weighted by Crippen LogP contribution is -2.45. The van der Waals surface area contributed by atoms with Crippen molar-refractivity contribution >= 4 is 16.7 Å². The first kappa shape index (κ1) is 29.9. The number of aromatic nitrogens is 1. The number of benzene rings is 3. The quantitative estimate of drug-likeness (QED) is 0.141. The third-order valence-electron chi connectivity index (χ3n) is 8.21. The maximum atomic E-state index is 13.4. The van der Waals surface area contributed by atoms with Crippen LogP contribution in [0, 0.1) is 0 Å². The van der Waals surface area contributed by atoms with E-state index in [0.29, 0.717) is 19.5 Å². The summed E-state index contributed by atoms with van der Waals surface area (Å²) >= 11 is 0. The largest absolute Gasteiger partial charge is 0.351 e. The molecule has 1 aliphatic rings. The second-order valence-corrected chi connectivity index (χ2v) is 11.5. The second-order valence-electron chi connectivity index (χ2n) is 11.5. The van der Waals surface area contributed by atoms with E-state index in [1.165, 1.54) is 48.4 Å². The Morgan fingerprint density at radius 1 is 0.762 bits per heavy atom. The maximum Gasteiger partial charge on any atom is 0.237 e. The normalized spacial score (nSPS) is 14.6. The van der Waals surface area contributed by atoms with Crippen LogP contribution in [0.5, 0.6) is 0 Å². The molecule has 1 saturated carbocycles. The Morgan fingerprint density at radius 2 is 1.50 bits per heavy atom. The Labute approximate surface area is 250 Å². The molecule has 0 aliphatic heterocycles. The fourth-order valence-electron chi connectivity index (χ4n) is 5.74. The Hall–Kier alpha value is -3.58.